The summed E-state index contributed by atoms with van der Waals surface area (Å²) in [6.07, 6.45) is 0.687. The Morgan fingerprint density at radius 2 is 2.00 bits per heavy atom. The van der Waals surface area contributed by atoms with Crippen LogP contribution in [-0.2, 0) is 14.8 Å². The molecule has 0 radical (unpaired) electrons. The van der Waals surface area contributed by atoms with Gasteiger partial charge < -0.3 is 15.5 Å². The summed E-state index contributed by atoms with van der Waals surface area (Å²) in [5.41, 5.74) is 0. The van der Waals surface area contributed by atoms with E-state index < -0.39 is 10.0 Å². The van der Waals surface area contributed by atoms with Crippen LogP contribution in [0.25, 0.3) is 0 Å². The van der Waals surface area contributed by atoms with Gasteiger partial charge in [-0.1, -0.05) is 0 Å². The Hall–Kier alpha value is -0.620. The van der Waals surface area contributed by atoms with Crippen LogP contribution in [0.3, 0.4) is 0 Å². The number of amides is 1. The summed E-state index contributed by atoms with van der Waals surface area (Å²) >= 11 is 0. The number of nitrogens with one attached hydrogen (secondary N) is 2. The molecule has 21 heavy (non-hydrogen) atoms. The second-order valence-corrected chi connectivity index (χ2v) is 6.80. The molecule has 0 aliphatic carbocycles. The van der Waals surface area contributed by atoms with Crippen molar-refractivity contribution in [1.82, 2.24) is 19.8 Å². The summed E-state index contributed by atoms with van der Waals surface area (Å²) in [6.45, 7) is 1.59. The van der Waals surface area contributed by atoms with E-state index in [1.807, 2.05) is 0 Å². The molecule has 0 aromatic carbocycles. The SMILES string of the molecule is CN=C(NCCN1CCCS1(=O)=O)NCC(=O)N(C)C.I. The molecule has 0 unspecified atom stereocenters. The van der Waals surface area contributed by atoms with Crippen molar-refractivity contribution in [1.29, 1.82) is 0 Å². The highest BCUT2D eigenvalue weighted by molar-refractivity contribution is 14.0. The molecule has 0 saturated carbocycles. The fourth-order valence-electron chi connectivity index (χ4n) is 1.78. The van der Waals surface area contributed by atoms with E-state index in [2.05, 4.69) is 15.6 Å². The maximum atomic E-state index is 11.6. The molecule has 124 valence electrons. The third-order valence-electron chi connectivity index (χ3n) is 2.99. The zero-order chi connectivity index (χ0) is 15.2. The number of likely N-dealkylation sites (N-methyl/N-ethyl adjacent to an activating group) is 1. The minimum Gasteiger partial charge on any atom is -0.355 e. The molecule has 1 aliphatic rings. The fraction of sp³-hybridized carbons (Fsp3) is 0.818. The molecule has 0 bridgehead atoms. The molecule has 0 spiro atoms. The second-order valence-electron chi connectivity index (χ2n) is 4.71. The number of carbonyl (C=O) groups excluding carboxylic acids is 1. The third-order valence-corrected chi connectivity index (χ3v) is 4.94. The van der Waals surface area contributed by atoms with E-state index >= 15 is 0 Å². The summed E-state index contributed by atoms with van der Waals surface area (Å²) < 4.78 is 24.7. The van der Waals surface area contributed by atoms with Crippen LogP contribution in [0.1, 0.15) is 6.42 Å². The molecule has 1 amide bonds. The molecule has 10 heteroatoms. The van der Waals surface area contributed by atoms with Crippen LogP contribution >= 0.6 is 24.0 Å². The van der Waals surface area contributed by atoms with E-state index in [0.717, 1.165) is 0 Å². The van der Waals surface area contributed by atoms with Gasteiger partial charge in [-0.25, -0.2) is 12.7 Å². The number of hydrogen-bond acceptors (Lipinski definition) is 4. The van der Waals surface area contributed by atoms with Crippen LogP contribution in [0.4, 0.5) is 0 Å². The minimum absolute atomic E-state index is 0. The van der Waals surface area contributed by atoms with E-state index in [9.17, 15) is 13.2 Å². The second kappa shape index (κ2) is 9.41. The van der Waals surface area contributed by atoms with Crippen LogP contribution in [0.15, 0.2) is 4.99 Å². The molecule has 1 saturated heterocycles. The van der Waals surface area contributed by atoms with Crippen LogP contribution in [0, 0.1) is 0 Å². The lowest BCUT2D eigenvalue weighted by Crippen LogP contribution is -2.45. The average Bonchev–Trinajstić information content (AvgIpc) is 2.72. The van der Waals surface area contributed by atoms with Gasteiger partial charge >= 0.3 is 0 Å². The highest BCUT2D eigenvalue weighted by Gasteiger charge is 2.27. The summed E-state index contributed by atoms with van der Waals surface area (Å²) in [6, 6.07) is 0. The zero-order valence-corrected chi connectivity index (χ0v) is 15.8. The first-order valence-electron chi connectivity index (χ1n) is 6.49. The zero-order valence-electron chi connectivity index (χ0n) is 12.6. The molecule has 8 nitrogen and oxygen atoms in total. The van der Waals surface area contributed by atoms with Crippen molar-refractivity contribution in [2.45, 2.75) is 6.42 Å². The number of rotatable bonds is 5. The van der Waals surface area contributed by atoms with Crippen LogP contribution in [0.2, 0.25) is 0 Å². The smallest absolute Gasteiger partial charge is 0.241 e. The molecule has 1 heterocycles. The van der Waals surface area contributed by atoms with Gasteiger partial charge in [0.05, 0.1) is 12.3 Å². The maximum Gasteiger partial charge on any atom is 0.241 e. The third kappa shape index (κ3) is 6.78. The number of guanidine groups is 1. The summed E-state index contributed by atoms with van der Waals surface area (Å²) in [5.74, 6) is 0.656. The summed E-state index contributed by atoms with van der Waals surface area (Å²) in [4.78, 5) is 16.9. The number of aliphatic imine (C=N–C) groups is 1. The van der Waals surface area contributed by atoms with Crippen molar-refractivity contribution < 1.29 is 13.2 Å². The molecule has 0 aromatic rings. The average molecular weight is 433 g/mol. The molecule has 1 aliphatic heterocycles. The first kappa shape index (κ1) is 20.4. The Morgan fingerprint density at radius 3 is 2.48 bits per heavy atom. The van der Waals surface area contributed by atoms with Gasteiger partial charge in [0.1, 0.15) is 0 Å². The van der Waals surface area contributed by atoms with Crippen molar-refractivity contribution in [3.8, 4) is 0 Å². The van der Waals surface area contributed by atoms with Crippen molar-refractivity contribution in [2.24, 2.45) is 4.99 Å². The summed E-state index contributed by atoms with van der Waals surface area (Å²) in [7, 11) is 1.90. The van der Waals surface area contributed by atoms with E-state index in [0.29, 0.717) is 32.0 Å². The van der Waals surface area contributed by atoms with Gasteiger partial charge in [0.25, 0.3) is 0 Å². The Morgan fingerprint density at radius 1 is 1.33 bits per heavy atom. The van der Waals surface area contributed by atoms with E-state index in [1.165, 1.54) is 9.21 Å². The molecule has 0 aromatic heterocycles. The highest BCUT2D eigenvalue weighted by atomic mass is 127. The van der Waals surface area contributed by atoms with Crippen LogP contribution in [-0.4, -0.2) is 82.6 Å². The molecule has 2 N–H and O–H groups in total. The van der Waals surface area contributed by atoms with Crippen LogP contribution < -0.4 is 10.6 Å². The fourth-order valence-corrected chi connectivity index (χ4v) is 3.31. The maximum absolute atomic E-state index is 11.6. The Labute approximate surface area is 143 Å². The minimum atomic E-state index is -3.06. The largest absolute Gasteiger partial charge is 0.355 e. The Bertz CT molecular complexity index is 466. The Kier molecular flexibility index (Phi) is 9.13. The first-order valence-corrected chi connectivity index (χ1v) is 8.10. The van der Waals surface area contributed by atoms with Crippen molar-refractivity contribution in [3.05, 3.63) is 0 Å². The quantitative estimate of drug-likeness (QED) is 0.326. The van der Waals surface area contributed by atoms with E-state index in [1.54, 1.807) is 21.1 Å². The summed E-state index contributed by atoms with van der Waals surface area (Å²) in [5, 5.41) is 5.87. The number of sulfonamides is 1. The van der Waals surface area contributed by atoms with Gasteiger partial charge in [-0.15, -0.1) is 24.0 Å². The lowest BCUT2D eigenvalue weighted by Gasteiger charge is -2.17. The molecule has 0 atom stereocenters. The number of nitrogens with zero attached hydrogens (tertiary/aromatic N) is 3. The molecule has 1 fully saturated rings. The molecular formula is C11H24IN5O3S. The van der Waals surface area contributed by atoms with Crippen LogP contribution in [0.5, 0.6) is 0 Å². The van der Waals surface area contributed by atoms with Crippen molar-refractivity contribution in [3.63, 3.8) is 0 Å². The van der Waals surface area contributed by atoms with Gasteiger partial charge in [0.15, 0.2) is 5.96 Å². The lowest BCUT2D eigenvalue weighted by molar-refractivity contribution is -0.127. The highest BCUT2D eigenvalue weighted by Crippen LogP contribution is 2.11. The Balaban J connectivity index is 0.00000400. The first-order chi connectivity index (χ1) is 9.36. The van der Waals surface area contributed by atoms with Gasteiger partial charge in [-0.3, -0.25) is 9.79 Å². The normalized spacial score (nSPS) is 18.0. The van der Waals surface area contributed by atoms with E-state index in [-0.39, 0.29) is 42.2 Å². The molecular weight excluding hydrogens is 409 g/mol. The van der Waals surface area contributed by atoms with Gasteiger partial charge in [-0.2, -0.15) is 0 Å². The number of halogens is 1. The monoisotopic (exact) mass is 433 g/mol. The predicted molar refractivity (Wildman–Crippen MR) is 93.5 cm³/mol. The van der Waals surface area contributed by atoms with Crippen molar-refractivity contribution in [2.75, 3.05) is 53.1 Å². The molecule has 1 rings (SSSR count). The van der Waals surface area contributed by atoms with Gasteiger partial charge in [0.2, 0.25) is 15.9 Å². The van der Waals surface area contributed by atoms with Gasteiger partial charge in [0, 0.05) is 40.8 Å². The van der Waals surface area contributed by atoms with Gasteiger partial charge in [-0.05, 0) is 6.42 Å². The topological polar surface area (TPSA) is 94.1 Å². The van der Waals surface area contributed by atoms with Crippen molar-refractivity contribution >= 4 is 45.9 Å². The lowest BCUT2D eigenvalue weighted by atomic mass is 10.4. The number of hydrogen-bond donors (Lipinski definition) is 2. The number of carbonyl (C=O) groups is 1. The standard InChI is InChI=1S/C11H23N5O3S.HI/c1-12-11(14-9-10(17)15(2)3)13-5-7-16-6-4-8-20(16,18)19;/h4-9H2,1-3H3,(H2,12,13,14);1H. The van der Waals surface area contributed by atoms with E-state index in [4.69, 9.17) is 0 Å². The predicted octanol–water partition coefficient (Wildman–Crippen LogP) is -1.11.